The number of hydrazone groups is 1. The zero-order valence-electron chi connectivity index (χ0n) is 4.83. The molecular formula is C4H6N3OS. The van der Waals surface area contributed by atoms with Crippen LogP contribution < -0.4 is 5.43 Å². The minimum Gasteiger partial charge on any atom is -0.361 e. The van der Waals surface area contributed by atoms with Gasteiger partial charge in [0.1, 0.15) is 0 Å². The molecule has 5 heteroatoms. The quantitative estimate of drug-likeness (QED) is 0.509. The Morgan fingerprint density at radius 2 is 2.56 bits per heavy atom. The van der Waals surface area contributed by atoms with Crippen LogP contribution in [0, 0.1) is 6.23 Å². The summed E-state index contributed by atoms with van der Waals surface area (Å²) >= 11 is 1.41. The van der Waals surface area contributed by atoms with Gasteiger partial charge in [0, 0.05) is 0 Å². The van der Waals surface area contributed by atoms with Crippen LogP contribution in [0.15, 0.2) is 10.1 Å². The summed E-state index contributed by atoms with van der Waals surface area (Å²) in [4.78, 5) is 3.77. The number of hydrogen-bond acceptors (Lipinski definition) is 5. The topological polar surface area (TPSA) is 57.0 Å². The van der Waals surface area contributed by atoms with Crippen molar-refractivity contribution in [2.24, 2.45) is 10.1 Å². The van der Waals surface area contributed by atoms with E-state index in [0.717, 1.165) is 0 Å². The van der Waals surface area contributed by atoms with Crippen LogP contribution in [0.2, 0.25) is 0 Å². The lowest BCUT2D eigenvalue weighted by atomic mass is 10.6. The van der Waals surface area contributed by atoms with Crippen LogP contribution in [0.5, 0.6) is 0 Å². The van der Waals surface area contributed by atoms with E-state index in [1.54, 1.807) is 0 Å². The molecule has 0 fully saturated rings. The van der Waals surface area contributed by atoms with E-state index >= 15 is 0 Å². The van der Waals surface area contributed by atoms with Crippen molar-refractivity contribution in [2.45, 2.75) is 0 Å². The second kappa shape index (κ2) is 2.84. The van der Waals surface area contributed by atoms with Crippen molar-refractivity contribution < 1.29 is 5.11 Å². The number of nitrogens with one attached hydrogen (secondary N) is 1. The molecule has 0 saturated heterocycles. The minimum absolute atomic E-state index is 0.0206. The summed E-state index contributed by atoms with van der Waals surface area (Å²) in [6.45, 7) is 0. The standard InChI is InChI=1S/C4H6N3OS/c1-9-4-5-2-3(8)6-7-4/h2,6,8H,1H3. The Labute approximate surface area is 57.1 Å². The molecule has 0 spiro atoms. The molecule has 0 saturated carbocycles. The van der Waals surface area contributed by atoms with E-state index in [1.807, 2.05) is 6.26 Å². The zero-order valence-corrected chi connectivity index (χ0v) is 5.64. The number of aliphatic hydroxyl groups excluding tert-OH is 1. The monoisotopic (exact) mass is 144 g/mol. The van der Waals surface area contributed by atoms with Gasteiger partial charge in [-0.3, -0.25) is 5.43 Å². The Kier molecular flexibility index (Phi) is 2.07. The molecule has 0 aromatic heterocycles. The first kappa shape index (κ1) is 6.57. The van der Waals surface area contributed by atoms with Crippen LogP contribution in [0.25, 0.3) is 0 Å². The SMILES string of the molecule is CSC1=NN[C](O)C=N1. The fourth-order valence-electron chi connectivity index (χ4n) is 0.378. The Bertz CT molecular complexity index is 156. The molecule has 0 bridgehead atoms. The highest BCUT2D eigenvalue weighted by Crippen LogP contribution is 2.02. The summed E-state index contributed by atoms with van der Waals surface area (Å²) in [5.74, 6) is 0. The summed E-state index contributed by atoms with van der Waals surface area (Å²) in [6.07, 6.45) is 3.16. The van der Waals surface area contributed by atoms with Crippen LogP contribution in [0.3, 0.4) is 0 Å². The van der Waals surface area contributed by atoms with E-state index in [0.29, 0.717) is 5.17 Å². The van der Waals surface area contributed by atoms with Gasteiger partial charge in [-0.15, -0.1) is 5.10 Å². The van der Waals surface area contributed by atoms with Gasteiger partial charge in [0.05, 0.1) is 6.21 Å². The first-order valence-corrected chi connectivity index (χ1v) is 3.53. The molecule has 1 radical (unpaired) electrons. The molecule has 0 aromatic rings. The van der Waals surface area contributed by atoms with Gasteiger partial charge < -0.3 is 5.11 Å². The van der Waals surface area contributed by atoms with Gasteiger partial charge in [0.2, 0.25) is 11.4 Å². The molecule has 0 aromatic carbocycles. The zero-order chi connectivity index (χ0) is 6.69. The molecule has 0 atom stereocenters. The van der Waals surface area contributed by atoms with Gasteiger partial charge in [-0.05, 0) is 6.26 Å². The van der Waals surface area contributed by atoms with Gasteiger partial charge in [0.15, 0.2) is 0 Å². The second-order valence-electron chi connectivity index (χ2n) is 1.35. The lowest BCUT2D eigenvalue weighted by Gasteiger charge is -2.07. The van der Waals surface area contributed by atoms with Gasteiger partial charge >= 0.3 is 0 Å². The van der Waals surface area contributed by atoms with Crippen LogP contribution in [0.4, 0.5) is 0 Å². The van der Waals surface area contributed by atoms with E-state index in [2.05, 4.69) is 15.5 Å². The molecule has 2 N–H and O–H groups in total. The lowest BCUT2D eigenvalue weighted by molar-refractivity contribution is 0.314. The molecule has 0 unspecified atom stereocenters. The molecule has 9 heavy (non-hydrogen) atoms. The maximum atomic E-state index is 8.66. The first-order chi connectivity index (χ1) is 4.33. The Morgan fingerprint density at radius 3 is 3.00 bits per heavy atom. The van der Waals surface area contributed by atoms with E-state index in [1.165, 1.54) is 18.0 Å². The van der Waals surface area contributed by atoms with Crippen molar-refractivity contribution in [3.8, 4) is 0 Å². The van der Waals surface area contributed by atoms with Crippen LogP contribution in [-0.2, 0) is 0 Å². The van der Waals surface area contributed by atoms with E-state index in [-0.39, 0.29) is 6.23 Å². The average Bonchev–Trinajstić information content (AvgIpc) is 1.90. The van der Waals surface area contributed by atoms with E-state index < -0.39 is 0 Å². The van der Waals surface area contributed by atoms with Crippen molar-refractivity contribution in [3.05, 3.63) is 6.23 Å². The fraction of sp³-hybridized carbons (Fsp3) is 0.250. The van der Waals surface area contributed by atoms with Gasteiger partial charge in [-0.25, -0.2) is 4.99 Å². The summed E-state index contributed by atoms with van der Waals surface area (Å²) in [6, 6.07) is 0. The molecule has 0 amide bonds. The summed E-state index contributed by atoms with van der Waals surface area (Å²) in [7, 11) is 0. The number of amidine groups is 1. The number of nitrogens with zero attached hydrogens (tertiary/aromatic N) is 2. The van der Waals surface area contributed by atoms with Crippen LogP contribution in [0.1, 0.15) is 0 Å². The minimum atomic E-state index is -0.0206. The summed E-state index contributed by atoms with van der Waals surface area (Å²) in [5.41, 5.74) is 2.37. The highest BCUT2D eigenvalue weighted by molar-refractivity contribution is 8.13. The predicted molar refractivity (Wildman–Crippen MR) is 37.8 cm³/mol. The largest absolute Gasteiger partial charge is 0.361 e. The molecule has 1 aliphatic rings. The fourth-order valence-corrected chi connectivity index (χ4v) is 0.673. The van der Waals surface area contributed by atoms with Gasteiger partial charge in [-0.1, -0.05) is 11.8 Å². The highest BCUT2D eigenvalue weighted by atomic mass is 32.2. The molecule has 49 valence electrons. The smallest absolute Gasteiger partial charge is 0.243 e. The van der Waals surface area contributed by atoms with E-state index in [4.69, 9.17) is 5.11 Å². The van der Waals surface area contributed by atoms with Crippen molar-refractivity contribution >= 4 is 23.1 Å². The molecule has 0 aliphatic carbocycles. The number of hydrogen-bond donors (Lipinski definition) is 2. The van der Waals surface area contributed by atoms with Crippen LogP contribution >= 0.6 is 11.8 Å². The maximum absolute atomic E-state index is 8.66. The van der Waals surface area contributed by atoms with Crippen molar-refractivity contribution in [1.82, 2.24) is 5.43 Å². The van der Waals surface area contributed by atoms with Gasteiger partial charge in [-0.2, -0.15) is 0 Å². The highest BCUT2D eigenvalue weighted by Gasteiger charge is 2.05. The van der Waals surface area contributed by atoms with Gasteiger partial charge in [0.25, 0.3) is 0 Å². The molecular weight excluding hydrogens is 138 g/mol. The number of rotatable bonds is 0. The normalized spacial score (nSPS) is 19.1. The third-order valence-corrected chi connectivity index (χ3v) is 1.31. The molecule has 1 rings (SSSR count). The first-order valence-electron chi connectivity index (χ1n) is 2.30. The number of aliphatic hydroxyl groups is 1. The number of thioether (sulfide) groups is 1. The second-order valence-corrected chi connectivity index (χ2v) is 2.13. The maximum Gasteiger partial charge on any atom is 0.243 e. The van der Waals surface area contributed by atoms with Crippen molar-refractivity contribution in [3.63, 3.8) is 0 Å². The lowest BCUT2D eigenvalue weighted by Crippen LogP contribution is -2.21. The van der Waals surface area contributed by atoms with Crippen molar-refractivity contribution in [2.75, 3.05) is 6.26 Å². The summed E-state index contributed by atoms with van der Waals surface area (Å²) < 4.78 is 0. The molecule has 4 nitrogen and oxygen atoms in total. The third-order valence-electron chi connectivity index (χ3n) is 0.746. The number of aliphatic imine (C=N–C) groups is 1. The molecule has 1 aliphatic heterocycles. The summed E-state index contributed by atoms with van der Waals surface area (Å²) in [5, 5.41) is 13.0. The Balaban J connectivity index is 2.52. The van der Waals surface area contributed by atoms with Crippen molar-refractivity contribution in [1.29, 1.82) is 0 Å². The van der Waals surface area contributed by atoms with Crippen LogP contribution in [-0.4, -0.2) is 22.7 Å². The molecule has 1 heterocycles. The Morgan fingerprint density at radius 1 is 1.78 bits per heavy atom. The predicted octanol–water partition coefficient (Wildman–Crippen LogP) is 0.156. The Hall–Kier alpha value is -0.550. The third kappa shape index (κ3) is 1.69. The average molecular weight is 144 g/mol. The van der Waals surface area contributed by atoms with E-state index in [9.17, 15) is 0 Å².